The van der Waals surface area contributed by atoms with Crippen LogP contribution in [0.15, 0.2) is 72.8 Å². The molecule has 5 nitrogen and oxygen atoms in total. The van der Waals surface area contributed by atoms with E-state index in [0.717, 1.165) is 34.4 Å². The van der Waals surface area contributed by atoms with Gasteiger partial charge in [-0.2, -0.15) is 5.10 Å². The number of aldehydes is 1. The van der Waals surface area contributed by atoms with Crippen LogP contribution in [0, 0.1) is 0 Å². The smallest absolute Gasteiger partial charge is 0.251 e. The average molecular weight is 488 g/mol. The van der Waals surface area contributed by atoms with Gasteiger partial charge >= 0.3 is 0 Å². The number of halogens is 2. The maximum Gasteiger partial charge on any atom is 0.251 e. The second-order valence-corrected chi connectivity index (χ2v) is 8.64. The predicted octanol–water partition coefficient (Wildman–Crippen LogP) is 4.68. The third-order valence-electron chi connectivity index (χ3n) is 5.22. The Balaban J connectivity index is 1.65. The van der Waals surface area contributed by atoms with Gasteiger partial charge in [0.2, 0.25) is 0 Å². The molecule has 0 saturated carbocycles. The Morgan fingerprint density at radius 1 is 0.971 bits per heavy atom. The largest absolute Gasteiger partial charge is 0.352 e. The first-order chi connectivity index (χ1) is 16.4. The van der Waals surface area contributed by atoms with E-state index >= 15 is 0 Å². The molecular formula is C26H20BCl2N3O2. The topological polar surface area (TPSA) is 64.0 Å². The highest BCUT2D eigenvalue weighted by Gasteiger charge is 2.14. The molecular weight excluding hydrogens is 468 g/mol. The lowest BCUT2D eigenvalue weighted by Gasteiger charge is -2.09. The van der Waals surface area contributed by atoms with Gasteiger partial charge in [-0.3, -0.25) is 9.48 Å². The summed E-state index contributed by atoms with van der Waals surface area (Å²) in [5.41, 5.74) is 5.50. The molecule has 1 aromatic heterocycles. The van der Waals surface area contributed by atoms with Crippen LogP contribution >= 0.6 is 23.2 Å². The summed E-state index contributed by atoms with van der Waals surface area (Å²) in [4.78, 5) is 22.6. The molecule has 2 radical (unpaired) electrons. The van der Waals surface area contributed by atoms with Crippen molar-refractivity contribution in [3.63, 3.8) is 0 Å². The molecule has 0 aliphatic heterocycles. The van der Waals surface area contributed by atoms with Gasteiger partial charge < -0.3 is 10.1 Å². The number of carbonyl (C=O) groups is 2. The van der Waals surface area contributed by atoms with Crippen molar-refractivity contribution in [2.24, 2.45) is 0 Å². The van der Waals surface area contributed by atoms with Crippen molar-refractivity contribution in [1.29, 1.82) is 0 Å². The Labute approximate surface area is 209 Å². The van der Waals surface area contributed by atoms with Gasteiger partial charge in [0.25, 0.3) is 5.91 Å². The fourth-order valence-electron chi connectivity index (χ4n) is 3.59. The van der Waals surface area contributed by atoms with Gasteiger partial charge in [-0.05, 0) is 47.5 Å². The lowest BCUT2D eigenvalue weighted by Crippen LogP contribution is -2.24. The Hall–Kier alpha value is -3.35. The Bertz CT molecular complexity index is 1320. The second kappa shape index (κ2) is 10.7. The second-order valence-electron chi connectivity index (χ2n) is 7.76. The van der Waals surface area contributed by atoms with E-state index in [1.807, 2.05) is 59.3 Å². The number of hydrogen-bond acceptors (Lipinski definition) is 3. The normalized spacial score (nSPS) is 10.8. The maximum absolute atomic E-state index is 12.2. The van der Waals surface area contributed by atoms with Gasteiger partial charge in [0.05, 0.1) is 17.9 Å². The number of nitrogens with one attached hydrogen (secondary N) is 1. The molecule has 3 aromatic carbocycles. The van der Waals surface area contributed by atoms with E-state index < -0.39 is 0 Å². The molecule has 0 aliphatic rings. The Morgan fingerprint density at radius 3 is 2.38 bits per heavy atom. The van der Waals surface area contributed by atoms with Gasteiger partial charge in [-0.25, -0.2) is 0 Å². The van der Waals surface area contributed by atoms with E-state index in [9.17, 15) is 9.59 Å². The highest BCUT2D eigenvalue weighted by molar-refractivity contribution is 6.35. The van der Waals surface area contributed by atoms with Crippen molar-refractivity contribution in [2.45, 2.75) is 13.0 Å². The highest BCUT2D eigenvalue weighted by atomic mass is 35.5. The van der Waals surface area contributed by atoms with E-state index in [2.05, 4.69) is 5.32 Å². The highest BCUT2D eigenvalue weighted by Crippen LogP contribution is 2.30. The first kappa shape index (κ1) is 23.8. The zero-order valence-electron chi connectivity index (χ0n) is 18.2. The first-order valence-electron chi connectivity index (χ1n) is 10.6. The summed E-state index contributed by atoms with van der Waals surface area (Å²) in [7, 11) is 6.02. The molecule has 0 fully saturated rings. The zero-order valence-corrected chi connectivity index (χ0v) is 19.7. The van der Waals surface area contributed by atoms with Crippen LogP contribution < -0.4 is 10.8 Å². The summed E-state index contributed by atoms with van der Waals surface area (Å²) in [6.45, 7) is 0.794. The van der Waals surface area contributed by atoms with E-state index in [-0.39, 0.29) is 12.3 Å². The van der Waals surface area contributed by atoms with E-state index in [0.29, 0.717) is 34.2 Å². The summed E-state index contributed by atoms with van der Waals surface area (Å²) in [6, 6.07) is 22.2. The molecule has 0 atom stereocenters. The lowest BCUT2D eigenvalue weighted by molar-refractivity contribution is -0.107. The number of amides is 1. The van der Waals surface area contributed by atoms with Crippen LogP contribution in [0.2, 0.25) is 10.0 Å². The van der Waals surface area contributed by atoms with E-state index in [1.54, 1.807) is 18.2 Å². The van der Waals surface area contributed by atoms with Crippen LogP contribution in [0.3, 0.4) is 0 Å². The molecule has 34 heavy (non-hydrogen) atoms. The minimum atomic E-state index is -0.215. The molecule has 1 heterocycles. The minimum Gasteiger partial charge on any atom is -0.352 e. The molecule has 4 rings (SSSR count). The third-order valence-corrected chi connectivity index (χ3v) is 5.65. The number of nitrogens with zero attached hydrogens (tertiary/aromatic N) is 2. The third kappa shape index (κ3) is 5.77. The summed E-state index contributed by atoms with van der Waals surface area (Å²) >= 11 is 12.4. The summed E-state index contributed by atoms with van der Waals surface area (Å²) in [5, 5.41) is 8.60. The molecule has 0 spiro atoms. The molecule has 0 unspecified atom stereocenters. The number of benzene rings is 3. The van der Waals surface area contributed by atoms with Crippen LogP contribution in [0.25, 0.3) is 22.5 Å². The molecule has 8 heteroatoms. The molecule has 168 valence electrons. The van der Waals surface area contributed by atoms with Gasteiger partial charge in [0, 0.05) is 34.1 Å². The number of aromatic nitrogens is 2. The van der Waals surface area contributed by atoms with Gasteiger partial charge in [-0.1, -0.05) is 65.1 Å². The molecule has 0 bridgehead atoms. The van der Waals surface area contributed by atoms with Crippen LogP contribution in [-0.4, -0.2) is 36.4 Å². The zero-order chi connectivity index (χ0) is 24.1. The quantitative estimate of drug-likeness (QED) is 0.223. The van der Waals surface area contributed by atoms with E-state index in [4.69, 9.17) is 36.1 Å². The molecule has 4 aromatic rings. The van der Waals surface area contributed by atoms with Crippen molar-refractivity contribution in [2.75, 3.05) is 6.54 Å². The summed E-state index contributed by atoms with van der Waals surface area (Å²) < 4.78 is 1.89. The molecule has 1 amide bonds. The summed E-state index contributed by atoms with van der Waals surface area (Å²) in [6.07, 6.45) is 1.06. The average Bonchev–Trinajstić information content (AvgIpc) is 3.23. The fourth-order valence-corrected chi connectivity index (χ4v) is 4.12. The van der Waals surface area contributed by atoms with Gasteiger partial charge in [0.1, 0.15) is 14.1 Å². The van der Waals surface area contributed by atoms with Crippen molar-refractivity contribution in [1.82, 2.24) is 15.1 Å². The number of rotatable bonds is 8. The van der Waals surface area contributed by atoms with Crippen molar-refractivity contribution < 1.29 is 9.59 Å². The Kier molecular flexibility index (Phi) is 7.51. The maximum atomic E-state index is 12.2. The minimum absolute atomic E-state index is 0.215. The number of carbonyl (C=O) groups excluding carboxylic acids is 2. The standard InChI is InChI=1S/C26H20BCl2N3O2/c27-21-4-1-3-19(11-21)25-15-24(20-12-22(28)14-23(29)13-20)31-32(25)16-17-5-7-18(8-6-17)26(34)30-9-2-10-33/h1,3-8,10-15H,2,9,16H2,(H,30,34). The summed E-state index contributed by atoms with van der Waals surface area (Å²) in [5.74, 6) is -0.215. The lowest BCUT2D eigenvalue weighted by atomic mass is 9.93. The van der Waals surface area contributed by atoms with Crippen LogP contribution in [-0.2, 0) is 11.3 Å². The molecule has 0 aliphatic carbocycles. The molecule has 1 N–H and O–H groups in total. The molecule has 0 saturated heterocycles. The fraction of sp³-hybridized carbons (Fsp3) is 0.115. The Morgan fingerprint density at radius 2 is 1.71 bits per heavy atom. The van der Waals surface area contributed by atoms with Crippen LogP contribution in [0.5, 0.6) is 0 Å². The monoisotopic (exact) mass is 487 g/mol. The first-order valence-corrected chi connectivity index (χ1v) is 11.4. The van der Waals surface area contributed by atoms with Crippen LogP contribution in [0.4, 0.5) is 0 Å². The van der Waals surface area contributed by atoms with Crippen molar-refractivity contribution >= 4 is 48.7 Å². The van der Waals surface area contributed by atoms with Crippen molar-refractivity contribution in [3.8, 4) is 22.5 Å². The van der Waals surface area contributed by atoms with Crippen LogP contribution in [0.1, 0.15) is 22.3 Å². The van der Waals surface area contributed by atoms with Gasteiger partial charge in [-0.15, -0.1) is 0 Å². The predicted molar refractivity (Wildman–Crippen MR) is 137 cm³/mol. The van der Waals surface area contributed by atoms with E-state index in [1.165, 1.54) is 0 Å². The SMILES string of the molecule is [B]c1cccc(-c2cc(-c3cc(Cl)cc(Cl)c3)nn2Cc2ccc(C(=O)NCCC=O)cc2)c1. The van der Waals surface area contributed by atoms with Crippen molar-refractivity contribution in [3.05, 3.63) is 94.0 Å². The van der Waals surface area contributed by atoms with Gasteiger partial charge in [0.15, 0.2) is 0 Å². The number of hydrogen-bond donors (Lipinski definition) is 1.